The predicted octanol–water partition coefficient (Wildman–Crippen LogP) is 2.33. The van der Waals surface area contributed by atoms with Gasteiger partial charge < -0.3 is 19.9 Å². The summed E-state index contributed by atoms with van der Waals surface area (Å²) in [6, 6.07) is 6.11. The number of β-lactam (4-membered cyclic amide) rings is 1. The van der Waals surface area contributed by atoms with Gasteiger partial charge in [0, 0.05) is 18.3 Å². The third kappa shape index (κ3) is 3.86. The molecule has 3 amide bonds. The Labute approximate surface area is 174 Å². The van der Waals surface area contributed by atoms with Crippen LogP contribution in [-0.4, -0.2) is 45.2 Å². The van der Waals surface area contributed by atoms with E-state index in [-0.39, 0.29) is 17.9 Å². The molecule has 1 unspecified atom stereocenters. The van der Waals surface area contributed by atoms with Gasteiger partial charge in [-0.1, -0.05) is 12.1 Å². The van der Waals surface area contributed by atoms with Gasteiger partial charge in [-0.3, -0.25) is 9.78 Å². The van der Waals surface area contributed by atoms with Crippen molar-refractivity contribution in [3.05, 3.63) is 53.9 Å². The Bertz CT molecular complexity index is 1050. The van der Waals surface area contributed by atoms with Crippen LogP contribution in [0.2, 0.25) is 0 Å². The van der Waals surface area contributed by atoms with Crippen molar-refractivity contribution in [1.29, 1.82) is 0 Å². The zero-order valence-corrected chi connectivity index (χ0v) is 16.1. The molecule has 9 nitrogen and oxygen atoms in total. The highest BCUT2D eigenvalue weighted by molar-refractivity contribution is 6.07. The van der Waals surface area contributed by atoms with Gasteiger partial charge in [0.15, 0.2) is 17.5 Å². The van der Waals surface area contributed by atoms with Crippen LogP contribution in [0.4, 0.5) is 13.6 Å². The number of amides is 3. The maximum absolute atomic E-state index is 13.2. The van der Waals surface area contributed by atoms with Crippen LogP contribution in [0.3, 0.4) is 0 Å². The van der Waals surface area contributed by atoms with Crippen molar-refractivity contribution in [3.8, 4) is 11.5 Å². The molecule has 1 aromatic heterocycles. The largest absolute Gasteiger partial charge is 0.586 e. The van der Waals surface area contributed by atoms with Crippen molar-refractivity contribution in [3.63, 3.8) is 0 Å². The highest BCUT2D eigenvalue weighted by Gasteiger charge is 2.55. The molecule has 2 aliphatic rings. The maximum atomic E-state index is 13.2. The smallest absolute Gasteiger partial charge is 0.480 e. The van der Waals surface area contributed by atoms with Crippen LogP contribution in [-0.2, 0) is 16.0 Å². The number of pyridine rings is 1. The number of urea groups is 1. The van der Waals surface area contributed by atoms with E-state index in [0.29, 0.717) is 16.2 Å². The number of hydrogen-bond donors (Lipinski definition) is 2. The van der Waals surface area contributed by atoms with Crippen LogP contribution < -0.4 is 14.8 Å². The van der Waals surface area contributed by atoms with Gasteiger partial charge in [0.1, 0.15) is 0 Å². The molecule has 2 aliphatic heterocycles. The number of carbonyl (C=O) groups excluding carboxylic acids is 2. The normalized spacial score (nSPS) is 21.9. The van der Waals surface area contributed by atoms with Gasteiger partial charge in [0.05, 0.1) is 12.0 Å². The number of benzene rings is 1. The Balaban J connectivity index is 1.44. The van der Waals surface area contributed by atoms with Gasteiger partial charge in [-0.15, -0.1) is 8.78 Å². The summed E-state index contributed by atoms with van der Waals surface area (Å²) in [7, 11) is 0. The molecule has 3 heterocycles. The van der Waals surface area contributed by atoms with Gasteiger partial charge in [0.25, 0.3) is 0 Å². The molecule has 1 fully saturated rings. The van der Waals surface area contributed by atoms with Crippen LogP contribution in [0, 0.1) is 5.92 Å². The zero-order chi connectivity index (χ0) is 22.3. The van der Waals surface area contributed by atoms with E-state index in [2.05, 4.69) is 19.8 Å². The molecule has 0 radical (unpaired) electrons. The number of ether oxygens (including phenoxy) is 2. The van der Waals surface area contributed by atoms with Gasteiger partial charge >= 0.3 is 18.3 Å². The number of fused-ring (bicyclic) bond motifs is 1. The molecule has 4 rings (SSSR count). The van der Waals surface area contributed by atoms with Crippen LogP contribution in [0.25, 0.3) is 0 Å². The molecule has 11 heteroatoms. The predicted molar refractivity (Wildman–Crippen MR) is 99.3 cm³/mol. The Morgan fingerprint density at radius 2 is 2.00 bits per heavy atom. The fourth-order valence-corrected chi connectivity index (χ4v) is 3.57. The number of halogens is 2. The van der Waals surface area contributed by atoms with Gasteiger partial charge in [-0.2, -0.15) is 0 Å². The number of alkyl halides is 2. The molecular weight excluding hydrogens is 416 g/mol. The molecule has 1 saturated heterocycles. The minimum absolute atomic E-state index is 0.0896. The van der Waals surface area contributed by atoms with Crippen molar-refractivity contribution in [1.82, 2.24) is 15.2 Å². The second-order valence-electron chi connectivity index (χ2n) is 7.17. The van der Waals surface area contributed by atoms with E-state index in [1.165, 1.54) is 24.4 Å². The van der Waals surface area contributed by atoms with Crippen molar-refractivity contribution in [2.24, 2.45) is 5.92 Å². The van der Waals surface area contributed by atoms with Crippen LogP contribution in [0.15, 0.2) is 42.6 Å². The number of rotatable bonds is 5. The number of carbonyl (C=O) groups is 3. The lowest BCUT2D eigenvalue weighted by Gasteiger charge is -2.43. The van der Waals surface area contributed by atoms with Crippen molar-refractivity contribution in [2.75, 3.05) is 0 Å². The molecule has 0 aliphatic carbocycles. The summed E-state index contributed by atoms with van der Waals surface area (Å²) in [5.74, 6) is -3.20. The number of nitrogens with one attached hydrogen (secondary N) is 1. The second kappa shape index (κ2) is 7.49. The van der Waals surface area contributed by atoms with Crippen LogP contribution >= 0.6 is 0 Å². The first-order chi connectivity index (χ1) is 14.7. The van der Waals surface area contributed by atoms with E-state index in [9.17, 15) is 28.3 Å². The number of imide groups is 1. The molecule has 2 N–H and O–H groups in total. The van der Waals surface area contributed by atoms with Crippen molar-refractivity contribution >= 4 is 17.9 Å². The number of aromatic nitrogens is 1. The quantitative estimate of drug-likeness (QED) is 0.695. The Morgan fingerprint density at radius 1 is 1.26 bits per heavy atom. The molecule has 2 aromatic rings. The first-order valence-corrected chi connectivity index (χ1v) is 9.32. The Morgan fingerprint density at radius 3 is 2.68 bits per heavy atom. The summed E-state index contributed by atoms with van der Waals surface area (Å²) in [5.41, 5.74) is 0.941. The molecule has 162 valence electrons. The van der Waals surface area contributed by atoms with E-state index < -0.39 is 42.2 Å². The lowest BCUT2D eigenvalue weighted by atomic mass is 9.83. The van der Waals surface area contributed by atoms with E-state index in [0.717, 1.165) is 0 Å². The minimum atomic E-state index is -3.77. The number of nitrogens with zero attached hydrogens (tertiary/aromatic N) is 2. The van der Waals surface area contributed by atoms with Crippen LogP contribution in [0.5, 0.6) is 11.5 Å². The van der Waals surface area contributed by atoms with E-state index >= 15 is 0 Å². The number of aliphatic carboxylic acids is 1. The summed E-state index contributed by atoms with van der Waals surface area (Å²) in [6.07, 6.45) is -2.15. The lowest BCUT2D eigenvalue weighted by molar-refractivity contribution is -0.286. The van der Waals surface area contributed by atoms with Gasteiger partial charge in [0.2, 0.25) is 5.91 Å². The van der Waals surface area contributed by atoms with E-state index in [4.69, 9.17) is 0 Å². The monoisotopic (exact) mass is 433 g/mol. The molecule has 0 bridgehead atoms. The van der Waals surface area contributed by atoms with Crippen molar-refractivity contribution < 1.29 is 37.7 Å². The second-order valence-corrected chi connectivity index (χ2v) is 7.17. The summed E-state index contributed by atoms with van der Waals surface area (Å²) in [5, 5.41) is 12.0. The highest BCUT2D eigenvalue weighted by atomic mass is 19.3. The van der Waals surface area contributed by atoms with Gasteiger partial charge in [-0.05, 0) is 36.8 Å². The zero-order valence-electron chi connectivity index (χ0n) is 16.1. The van der Waals surface area contributed by atoms with Crippen molar-refractivity contribution in [2.45, 2.75) is 31.7 Å². The summed E-state index contributed by atoms with van der Waals surface area (Å²) < 4.78 is 35.1. The molecule has 1 aromatic carbocycles. The third-order valence-corrected chi connectivity index (χ3v) is 5.11. The lowest BCUT2D eigenvalue weighted by Crippen LogP contribution is -2.68. The molecule has 3 atom stereocenters. The van der Waals surface area contributed by atoms with E-state index in [1.807, 2.05) is 0 Å². The fraction of sp³-hybridized carbons (Fsp3) is 0.300. The fourth-order valence-electron chi connectivity index (χ4n) is 3.57. The Kier molecular flexibility index (Phi) is 4.96. The van der Waals surface area contributed by atoms with E-state index in [1.54, 1.807) is 25.1 Å². The topological polar surface area (TPSA) is 118 Å². The average Bonchev–Trinajstić information content (AvgIpc) is 3.03. The molecule has 0 spiro atoms. The number of carboxylic acid groups (broad SMARTS) is 1. The summed E-state index contributed by atoms with van der Waals surface area (Å²) in [6.45, 7) is 1.55. The molecule has 0 saturated carbocycles. The summed E-state index contributed by atoms with van der Waals surface area (Å²) in [4.78, 5) is 41.6. The third-order valence-electron chi connectivity index (χ3n) is 5.11. The Hall–Kier alpha value is -3.76. The van der Waals surface area contributed by atoms with Gasteiger partial charge in [-0.25, -0.2) is 14.5 Å². The SMILES string of the molecule is C[C@@H](NC(=O)N1C(=O)[C@H](Cc2ccccn2)C1C(=O)O)c1ccc2c(c1)OC(F)(F)O2. The molecular formula is C20H17F2N3O6. The summed E-state index contributed by atoms with van der Waals surface area (Å²) >= 11 is 0. The number of likely N-dealkylation sites (tertiary alicyclic amines) is 1. The first kappa shape index (κ1) is 20.5. The minimum Gasteiger partial charge on any atom is -0.480 e. The number of carboxylic acids is 1. The maximum Gasteiger partial charge on any atom is 0.586 e. The average molecular weight is 433 g/mol. The van der Waals surface area contributed by atoms with Crippen LogP contribution in [0.1, 0.15) is 24.2 Å². The molecule has 31 heavy (non-hydrogen) atoms. The first-order valence-electron chi connectivity index (χ1n) is 9.32. The highest BCUT2D eigenvalue weighted by Crippen LogP contribution is 2.42. The number of hydrogen-bond acceptors (Lipinski definition) is 6. The standard InChI is InChI=1S/C20H17F2N3O6/c1-10(11-5-6-14-15(8-11)31-20(21,22)30-14)24-19(29)25-16(18(27)28)13(17(25)26)9-12-4-2-3-7-23-12/h2-8,10,13,16H,9H2,1H3,(H,24,29)(H,27,28)/t10-,13-,16?/m1/s1.